The van der Waals surface area contributed by atoms with Gasteiger partial charge in [0, 0.05) is 25.9 Å². The van der Waals surface area contributed by atoms with Crippen LogP contribution in [0.3, 0.4) is 0 Å². The zero-order valence-corrected chi connectivity index (χ0v) is 16.8. The molecule has 0 saturated carbocycles. The maximum atomic E-state index is 12.3. The second kappa shape index (κ2) is 8.92. The van der Waals surface area contributed by atoms with Crippen LogP contribution in [0.4, 0.5) is 18.9 Å². The second-order valence-electron chi connectivity index (χ2n) is 5.41. The summed E-state index contributed by atoms with van der Waals surface area (Å²) in [6.45, 7) is 4.78. The summed E-state index contributed by atoms with van der Waals surface area (Å²) in [6.07, 6.45) is -2.91. The van der Waals surface area contributed by atoms with Crippen molar-refractivity contribution < 1.29 is 17.9 Å². The first-order valence-electron chi connectivity index (χ1n) is 7.66. The molecule has 0 aliphatic rings. The highest BCUT2D eigenvalue weighted by atomic mass is 79.9. The lowest BCUT2D eigenvalue weighted by molar-refractivity contribution is -0.105. The fourth-order valence-electron chi connectivity index (χ4n) is 1.85. The van der Waals surface area contributed by atoms with Gasteiger partial charge in [-0.15, -0.1) is 0 Å². The number of hydrazine groups is 1. The van der Waals surface area contributed by atoms with Crippen LogP contribution in [0.15, 0.2) is 34.0 Å². The van der Waals surface area contributed by atoms with E-state index in [-0.39, 0.29) is 11.0 Å². The fraction of sp³-hybridized carbons (Fsp3) is 0.375. The number of hydrogen-bond donors (Lipinski definition) is 1. The predicted octanol–water partition coefficient (Wildman–Crippen LogP) is 5.27. The van der Waals surface area contributed by atoms with E-state index in [9.17, 15) is 13.2 Å². The first kappa shape index (κ1) is 20.8. The highest BCUT2D eigenvalue weighted by molar-refractivity contribution is 9.10. The van der Waals surface area contributed by atoms with Gasteiger partial charge in [-0.2, -0.15) is 18.2 Å². The van der Waals surface area contributed by atoms with Crippen molar-refractivity contribution in [1.29, 1.82) is 0 Å². The minimum atomic E-state index is -4.28. The lowest BCUT2D eigenvalue weighted by Crippen LogP contribution is -2.25. The Morgan fingerprint density at radius 3 is 2.73 bits per heavy atom. The van der Waals surface area contributed by atoms with Crippen LogP contribution in [0.1, 0.15) is 12.5 Å². The summed E-state index contributed by atoms with van der Waals surface area (Å²) in [5.74, 6) is -0.362. The molecule has 0 atom stereocenters. The number of alkyl halides is 3. The summed E-state index contributed by atoms with van der Waals surface area (Å²) in [7, 11) is 1.93. The molecule has 26 heavy (non-hydrogen) atoms. The molecular formula is C16H18BrF3N4OS. The Kier molecular flexibility index (Phi) is 7.13. The van der Waals surface area contributed by atoms with E-state index in [2.05, 4.69) is 31.3 Å². The van der Waals surface area contributed by atoms with Gasteiger partial charge < -0.3 is 10.2 Å². The van der Waals surface area contributed by atoms with Gasteiger partial charge in [-0.1, -0.05) is 18.7 Å². The number of rotatable bonds is 7. The average Bonchev–Trinajstić information content (AvgIpc) is 2.57. The Morgan fingerprint density at radius 1 is 1.35 bits per heavy atom. The van der Waals surface area contributed by atoms with Gasteiger partial charge in [0.25, 0.3) is 0 Å². The van der Waals surface area contributed by atoms with Crippen LogP contribution in [0.25, 0.3) is 0 Å². The van der Waals surface area contributed by atoms with Crippen molar-refractivity contribution in [3.8, 4) is 11.6 Å². The van der Waals surface area contributed by atoms with Gasteiger partial charge in [0.15, 0.2) is 5.16 Å². The zero-order valence-electron chi connectivity index (χ0n) is 14.4. The van der Waals surface area contributed by atoms with Crippen LogP contribution in [-0.4, -0.2) is 40.5 Å². The number of thioether (sulfide) groups is 1. The van der Waals surface area contributed by atoms with Crippen molar-refractivity contribution in [3.05, 3.63) is 34.4 Å². The van der Waals surface area contributed by atoms with Crippen LogP contribution in [0, 0.1) is 6.92 Å². The van der Waals surface area contributed by atoms with Crippen LogP contribution in [0.2, 0.25) is 0 Å². The summed E-state index contributed by atoms with van der Waals surface area (Å²) in [5.41, 5.74) is 5.11. The van der Waals surface area contributed by atoms with E-state index in [1.54, 1.807) is 0 Å². The minimum Gasteiger partial charge on any atom is -0.438 e. The van der Waals surface area contributed by atoms with Gasteiger partial charge in [0.1, 0.15) is 5.75 Å². The summed E-state index contributed by atoms with van der Waals surface area (Å²) in [5, 5.41) is 1.94. The number of ether oxygens (including phenoxy) is 1. The smallest absolute Gasteiger partial charge is 0.398 e. The van der Waals surface area contributed by atoms with Gasteiger partial charge in [-0.3, -0.25) is 0 Å². The summed E-state index contributed by atoms with van der Waals surface area (Å²) in [4.78, 5) is 7.84. The molecule has 0 fully saturated rings. The molecule has 0 unspecified atom stereocenters. The molecule has 1 aromatic carbocycles. The summed E-state index contributed by atoms with van der Waals surface area (Å²) in [6, 6.07) is 5.19. The van der Waals surface area contributed by atoms with Gasteiger partial charge in [-0.05, 0) is 40.5 Å². The molecule has 0 saturated heterocycles. The van der Waals surface area contributed by atoms with Gasteiger partial charge in [0.2, 0.25) is 5.88 Å². The van der Waals surface area contributed by atoms with Crippen LogP contribution in [0.5, 0.6) is 11.6 Å². The van der Waals surface area contributed by atoms with Gasteiger partial charge >= 0.3 is 6.18 Å². The van der Waals surface area contributed by atoms with E-state index in [1.165, 1.54) is 12.3 Å². The van der Waals surface area contributed by atoms with E-state index in [1.807, 2.05) is 38.0 Å². The molecule has 1 aromatic heterocycles. The standard InChI is InChI=1S/C16H18BrF3N4OS/c1-4-24(3)23-12-8-11(17)13(7-10(12)2)25-14-5-6-21-15(22-14)26-9-16(18,19)20/h5-8,23H,4,9H2,1-3H3. The summed E-state index contributed by atoms with van der Waals surface area (Å²) >= 11 is 3.96. The Hall–Kier alpha value is -1.52. The third-order valence-electron chi connectivity index (χ3n) is 3.25. The minimum absolute atomic E-state index is 0.00975. The van der Waals surface area contributed by atoms with Gasteiger partial charge in [0.05, 0.1) is 15.9 Å². The third kappa shape index (κ3) is 6.33. The second-order valence-corrected chi connectivity index (χ2v) is 7.20. The van der Waals surface area contributed by atoms with Crippen molar-refractivity contribution in [2.24, 2.45) is 0 Å². The number of nitrogens with one attached hydrogen (secondary N) is 1. The van der Waals surface area contributed by atoms with Crippen molar-refractivity contribution in [3.63, 3.8) is 0 Å². The number of nitrogens with zero attached hydrogens (tertiary/aromatic N) is 3. The number of aromatic nitrogens is 2. The Balaban J connectivity index is 2.14. The lowest BCUT2D eigenvalue weighted by Gasteiger charge is -2.20. The number of aryl methyl sites for hydroxylation is 1. The van der Waals surface area contributed by atoms with E-state index < -0.39 is 11.9 Å². The van der Waals surface area contributed by atoms with Crippen LogP contribution < -0.4 is 10.2 Å². The number of halogens is 4. The van der Waals surface area contributed by atoms with Crippen molar-refractivity contribution in [2.45, 2.75) is 25.2 Å². The highest BCUT2D eigenvalue weighted by Gasteiger charge is 2.28. The molecule has 1 heterocycles. The third-order valence-corrected chi connectivity index (χ3v) is 4.80. The monoisotopic (exact) mass is 450 g/mol. The first-order chi connectivity index (χ1) is 12.2. The molecule has 0 spiro atoms. The quantitative estimate of drug-likeness (QED) is 0.352. The zero-order chi connectivity index (χ0) is 19.3. The van der Waals surface area contributed by atoms with Crippen LogP contribution in [-0.2, 0) is 0 Å². The van der Waals surface area contributed by atoms with Crippen molar-refractivity contribution in [1.82, 2.24) is 15.0 Å². The van der Waals surface area contributed by atoms with Crippen molar-refractivity contribution in [2.75, 3.05) is 24.8 Å². The molecule has 142 valence electrons. The normalized spacial score (nSPS) is 11.7. The SMILES string of the molecule is CCN(C)Nc1cc(Br)c(Oc2ccnc(SCC(F)(F)F)n2)cc1C. The molecular weight excluding hydrogens is 433 g/mol. The molecule has 5 nitrogen and oxygen atoms in total. The number of benzene rings is 1. The lowest BCUT2D eigenvalue weighted by atomic mass is 10.2. The molecule has 0 bridgehead atoms. The molecule has 0 aliphatic carbocycles. The summed E-state index contributed by atoms with van der Waals surface area (Å²) < 4.78 is 43.4. The molecule has 2 aromatic rings. The number of anilines is 1. The predicted molar refractivity (Wildman–Crippen MR) is 99.7 cm³/mol. The van der Waals surface area contributed by atoms with E-state index >= 15 is 0 Å². The maximum Gasteiger partial charge on any atom is 0.398 e. The van der Waals surface area contributed by atoms with E-state index in [0.717, 1.165) is 17.8 Å². The maximum absolute atomic E-state index is 12.3. The van der Waals surface area contributed by atoms with E-state index in [0.29, 0.717) is 22.0 Å². The highest BCUT2D eigenvalue weighted by Crippen LogP contribution is 2.34. The Labute approximate surface area is 162 Å². The molecule has 1 N–H and O–H groups in total. The van der Waals surface area contributed by atoms with E-state index in [4.69, 9.17) is 4.74 Å². The number of hydrogen-bond acceptors (Lipinski definition) is 6. The van der Waals surface area contributed by atoms with Crippen molar-refractivity contribution >= 4 is 33.4 Å². The van der Waals surface area contributed by atoms with Gasteiger partial charge in [-0.25, -0.2) is 9.99 Å². The molecule has 0 radical (unpaired) electrons. The Morgan fingerprint density at radius 2 is 2.08 bits per heavy atom. The molecule has 0 amide bonds. The first-order valence-corrected chi connectivity index (χ1v) is 9.44. The average molecular weight is 451 g/mol. The topological polar surface area (TPSA) is 50.3 Å². The fourth-order valence-corrected chi connectivity index (χ4v) is 2.86. The van der Waals surface area contributed by atoms with Crippen LogP contribution >= 0.6 is 27.7 Å². The molecule has 10 heteroatoms. The largest absolute Gasteiger partial charge is 0.438 e. The molecule has 2 rings (SSSR count). The Bertz CT molecular complexity index is 761. The molecule has 0 aliphatic heterocycles.